The Morgan fingerprint density at radius 1 is 1.22 bits per heavy atom. The van der Waals surface area contributed by atoms with Crippen LogP contribution in [-0.2, 0) is 4.79 Å². The van der Waals surface area contributed by atoms with Crippen molar-refractivity contribution >= 4 is 17.9 Å². The predicted molar refractivity (Wildman–Crippen MR) is 108 cm³/mol. The van der Waals surface area contributed by atoms with Crippen LogP contribution >= 0.6 is 0 Å². The lowest BCUT2D eigenvalue weighted by Crippen LogP contribution is -2.43. The number of carbonyl (C=O) groups is 1. The Bertz CT molecular complexity index is 638. The summed E-state index contributed by atoms with van der Waals surface area (Å²) in [5, 5.41) is 12.4. The smallest absolute Gasteiger partial charge is 0.331 e. The second-order valence-corrected chi connectivity index (χ2v) is 8.04. The highest BCUT2D eigenvalue weighted by Gasteiger charge is 2.21. The second-order valence-electron chi connectivity index (χ2n) is 8.04. The molecule has 0 aromatic carbocycles. The Labute approximate surface area is 162 Å². The largest absolute Gasteiger partial charge is 0.478 e. The highest BCUT2D eigenvalue weighted by atomic mass is 16.4. The van der Waals surface area contributed by atoms with Gasteiger partial charge in [0.25, 0.3) is 0 Å². The zero-order valence-electron chi connectivity index (χ0n) is 16.4. The van der Waals surface area contributed by atoms with Crippen LogP contribution in [0.2, 0.25) is 0 Å². The van der Waals surface area contributed by atoms with E-state index in [-0.39, 0.29) is 5.57 Å². The minimum atomic E-state index is -0.936. The van der Waals surface area contributed by atoms with Crippen LogP contribution in [-0.4, -0.2) is 51.6 Å². The molecule has 2 fully saturated rings. The van der Waals surface area contributed by atoms with Gasteiger partial charge in [-0.25, -0.2) is 9.78 Å². The first kappa shape index (κ1) is 19.8. The van der Waals surface area contributed by atoms with Crippen molar-refractivity contribution in [2.24, 2.45) is 5.92 Å². The summed E-state index contributed by atoms with van der Waals surface area (Å²) in [4.78, 5) is 22.2. The molecule has 6 nitrogen and oxygen atoms in total. The van der Waals surface area contributed by atoms with Crippen LogP contribution in [0.3, 0.4) is 0 Å². The van der Waals surface area contributed by atoms with Crippen molar-refractivity contribution in [1.29, 1.82) is 0 Å². The number of carboxylic acids is 1. The first-order valence-electron chi connectivity index (χ1n) is 10.3. The molecule has 1 aromatic rings. The minimum absolute atomic E-state index is 0.255. The summed E-state index contributed by atoms with van der Waals surface area (Å²) in [5.74, 6) is 0.765. The van der Waals surface area contributed by atoms with Gasteiger partial charge in [0.05, 0.1) is 18.1 Å². The molecule has 0 unspecified atom stereocenters. The summed E-state index contributed by atoms with van der Waals surface area (Å²) in [7, 11) is 0. The fraction of sp³-hybridized carbons (Fsp3) is 0.667. The van der Waals surface area contributed by atoms with Gasteiger partial charge >= 0.3 is 5.97 Å². The molecule has 148 valence electrons. The third kappa shape index (κ3) is 6.31. The van der Waals surface area contributed by atoms with Crippen LogP contribution in [0, 0.1) is 5.92 Å². The quantitative estimate of drug-likeness (QED) is 0.709. The topological polar surface area (TPSA) is 78.4 Å². The molecule has 0 spiro atoms. The minimum Gasteiger partial charge on any atom is -0.478 e. The van der Waals surface area contributed by atoms with Crippen molar-refractivity contribution in [3.63, 3.8) is 0 Å². The summed E-state index contributed by atoms with van der Waals surface area (Å²) in [6.07, 6.45) is 15.7. The van der Waals surface area contributed by atoms with Crippen molar-refractivity contribution < 1.29 is 9.90 Å². The molecular weight excluding hydrogens is 340 g/mol. The van der Waals surface area contributed by atoms with E-state index in [1.165, 1.54) is 64.1 Å². The van der Waals surface area contributed by atoms with Gasteiger partial charge in [-0.1, -0.05) is 32.1 Å². The molecule has 3 rings (SSSR count). The number of likely N-dealkylation sites (tertiary alicyclic amines) is 1. The zero-order chi connectivity index (χ0) is 19.1. The first-order valence-corrected chi connectivity index (χ1v) is 10.3. The number of piperidine rings is 1. The van der Waals surface area contributed by atoms with E-state index in [4.69, 9.17) is 5.11 Å². The highest BCUT2D eigenvalue weighted by Crippen LogP contribution is 2.27. The SMILES string of the molecule is C/C(=C\c1cnc(N[C@@H]2CCCN(CCC3CCCCC3)C2)cn1)C(=O)O. The molecule has 1 saturated carbocycles. The lowest BCUT2D eigenvalue weighted by Gasteiger charge is -2.34. The van der Waals surface area contributed by atoms with Gasteiger partial charge in [-0.15, -0.1) is 0 Å². The summed E-state index contributed by atoms with van der Waals surface area (Å²) < 4.78 is 0. The van der Waals surface area contributed by atoms with Gasteiger partial charge < -0.3 is 15.3 Å². The average molecular weight is 373 g/mol. The molecule has 6 heteroatoms. The van der Waals surface area contributed by atoms with Crippen LogP contribution in [0.1, 0.15) is 64.0 Å². The Kier molecular flexibility index (Phi) is 7.21. The molecule has 2 N–H and O–H groups in total. The van der Waals surface area contributed by atoms with E-state index in [2.05, 4.69) is 20.2 Å². The monoisotopic (exact) mass is 372 g/mol. The molecule has 0 radical (unpaired) electrons. The number of aromatic nitrogens is 2. The lowest BCUT2D eigenvalue weighted by atomic mass is 9.87. The number of nitrogens with zero attached hydrogens (tertiary/aromatic N) is 3. The lowest BCUT2D eigenvalue weighted by molar-refractivity contribution is -0.132. The molecule has 2 heterocycles. The van der Waals surface area contributed by atoms with E-state index >= 15 is 0 Å². The van der Waals surface area contributed by atoms with Gasteiger partial charge in [0.15, 0.2) is 0 Å². The number of rotatable bonds is 7. The second kappa shape index (κ2) is 9.83. The molecule has 1 aliphatic carbocycles. The average Bonchev–Trinajstić information content (AvgIpc) is 2.69. The van der Waals surface area contributed by atoms with E-state index in [1.807, 2.05) is 0 Å². The summed E-state index contributed by atoms with van der Waals surface area (Å²) >= 11 is 0. The summed E-state index contributed by atoms with van der Waals surface area (Å²) in [6, 6.07) is 0.404. The third-order valence-electron chi connectivity index (χ3n) is 5.81. The van der Waals surface area contributed by atoms with Crippen LogP contribution in [0.4, 0.5) is 5.82 Å². The van der Waals surface area contributed by atoms with Gasteiger partial charge in [-0.05, 0) is 51.3 Å². The highest BCUT2D eigenvalue weighted by molar-refractivity contribution is 5.91. The van der Waals surface area contributed by atoms with Crippen molar-refractivity contribution in [3.05, 3.63) is 23.7 Å². The summed E-state index contributed by atoms with van der Waals surface area (Å²) in [6.45, 7) is 5.04. The molecule has 2 aliphatic rings. The number of anilines is 1. The Morgan fingerprint density at radius 3 is 2.74 bits per heavy atom. The number of aliphatic carboxylic acids is 1. The molecule has 0 bridgehead atoms. The molecule has 1 saturated heterocycles. The van der Waals surface area contributed by atoms with E-state index in [0.717, 1.165) is 24.7 Å². The van der Waals surface area contributed by atoms with Crippen LogP contribution in [0.25, 0.3) is 6.08 Å². The molecule has 27 heavy (non-hydrogen) atoms. The van der Waals surface area contributed by atoms with Crippen LogP contribution < -0.4 is 5.32 Å². The van der Waals surface area contributed by atoms with Gasteiger partial charge in [0.1, 0.15) is 5.82 Å². The van der Waals surface area contributed by atoms with E-state index in [1.54, 1.807) is 19.3 Å². The first-order chi connectivity index (χ1) is 13.1. The van der Waals surface area contributed by atoms with E-state index in [0.29, 0.717) is 11.7 Å². The Balaban J connectivity index is 1.47. The van der Waals surface area contributed by atoms with E-state index < -0.39 is 5.97 Å². The van der Waals surface area contributed by atoms with E-state index in [9.17, 15) is 4.79 Å². The predicted octanol–water partition coefficient (Wildman–Crippen LogP) is 3.81. The normalized spacial score (nSPS) is 22.6. The van der Waals surface area contributed by atoms with Crippen molar-refractivity contribution in [2.75, 3.05) is 25.0 Å². The molecule has 1 aromatic heterocycles. The number of carboxylic acid groups (broad SMARTS) is 1. The fourth-order valence-electron chi connectivity index (χ4n) is 4.20. The van der Waals surface area contributed by atoms with Crippen LogP contribution in [0.5, 0.6) is 0 Å². The Morgan fingerprint density at radius 2 is 2.04 bits per heavy atom. The summed E-state index contributed by atoms with van der Waals surface area (Å²) in [5.41, 5.74) is 0.823. The molecule has 1 atom stereocenters. The number of hydrogen-bond donors (Lipinski definition) is 2. The third-order valence-corrected chi connectivity index (χ3v) is 5.81. The number of nitrogens with one attached hydrogen (secondary N) is 1. The van der Waals surface area contributed by atoms with Gasteiger partial charge in [-0.2, -0.15) is 0 Å². The Hall–Kier alpha value is -1.95. The maximum atomic E-state index is 10.9. The standard InChI is InChI=1S/C21H32N4O2/c1-16(21(26)27)12-19-13-23-20(14-22-19)24-18-8-5-10-25(15-18)11-9-17-6-3-2-4-7-17/h12-14,17-18H,2-11,15H2,1H3,(H,23,24)(H,26,27)/b16-12+/t18-/m1/s1. The van der Waals surface area contributed by atoms with Crippen molar-refractivity contribution in [1.82, 2.24) is 14.9 Å². The fourth-order valence-corrected chi connectivity index (χ4v) is 4.20. The molecule has 1 aliphatic heterocycles. The van der Waals surface area contributed by atoms with Gasteiger partial charge in [-0.3, -0.25) is 4.98 Å². The van der Waals surface area contributed by atoms with Crippen molar-refractivity contribution in [3.8, 4) is 0 Å². The maximum Gasteiger partial charge on any atom is 0.331 e. The van der Waals surface area contributed by atoms with Gasteiger partial charge in [0.2, 0.25) is 0 Å². The molecule has 0 amide bonds. The molecular formula is C21H32N4O2. The number of hydrogen-bond acceptors (Lipinski definition) is 5. The van der Waals surface area contributed by atoms with Gasteiger partial charge in [0, 0.05) is 18.2 Å². The maximum absolute atomic E-state index is 10.9. The zero-order valence-corrected chi connectivity index (χ0v) is 16.4. The van der Waals surface area contributed by atoms with Crippen LogP contribution in [0.15, 0.2) is 18.0 Å². The van der Waals surface area contributed by atoms with Crippen molar-refractivity contribution in [2.45, 2.75) is 64.3 Å².